The van der Waals surface area contributed by atoms with Crippen molar-refractivity contribution in [3.05, 3.63) is 47.7 Å². The molecular formula is C12H15N. The second-order valence-electron chi connectivity index (χ2n) is 3.49. The molecular weight excluding hydrogens is 158 g/mol. The molecule has 0 radical (unpaired) electrons. The molecule has 68 valence electrons. The molecule has 0 saturated carbocycles. The van der Waals surface area contributed by atoms with E-state index < -0.39 is 0 Å². The highest BCUT2D eigenvalue weighted by molar-refractivity contribution is 5.26. The fraction of sp³-hybridized carbons (Fsp3) is 0.333. The molecule has 1 aliphatic heterocycles. The van der Waals surface area contributed by atoms with E-state index >= 15 is 0 Å². The van der Waals surface area contributed by atoms with Gasteiger partial charge in [-0.3, -0.25) is 0 Å². The molecule has 1 fully saturated rings. The molecule has 1 aromatic rings. The van der Waals surface area contributed by atoms with E-state index in [0.29, 0.717) is 6.04 Å². The van der Waals surface area contributed by atoms with E-state index in [1.165, 1.54) is 11.3 Å². The summed E-state index contributed by atoms with van der Waals surface area (Å²) in [6, 6.07) is 11.2. The quantitative estimate of drug-likeness (QED) is 0.621. The summed E-state index contributed by atoms with van der Waals surface area (Å²) >= 11 is 0. The van der Waals surface area contributed by atoms with Crippen molar-refractivity contribution in [1.82, 2.24) is 4.90 Å². The largest absolute Gasteiger partial charge is 0.361 e. The van der Waals surface area contributed by atoms with Crippen LogP contribution in [0.5, 0.6) is 0 Å². The summed E-state index contributed by atoms with van der Waals surface area (Å²) in [7, 11) is 0. The van der Waals surface area contributed by atoms with Crippen LogP contribution in [0.4, 0.5) is 0 Å². The normalized spacial score (nSPS) is 20.5. The number of rotatable bonds is 2. The Morgan fingerprint density at radius 2 is 2.00 bits per heavy atom. The Morgan fingerprint density at radius 1 is 1.31 bits per heavy atom. The summed E-state index contributed by atoms with van der Waals surface area (Å²) in [6.07, 6.45) is 2.19. The van der Waals surface area contributed by atoms with Crippen molar-refractivity contribution >= 4 is 0 Å². The molecule has 1 nitrogen and oxygen atoms in total. The summed E-state index contributed by atoms with van der Waals surface area (Å²) < 4.78 is 0. The van der Waals surface area contributed by atoms with Gasteiger partial charge in [-0.1, -0.05) is 36.4 Å². The van der Waals surface area contributed by atoms with E-state index in [0.717, 1.165) is 6.54 Å². The van der Waals surface area contributed by atoms with Crippen LogP contribution in [0.1, 0.15) is 25.5 Å². The maximum absolute atomic E-state index is 2.41. The third-order valence-electron chi connectivity index (χ3n) is 2.68. The fourth-order valence-electron chi connectivity index (χ4n) is 1.69. The topological polar surface area (TPSA) is 3.01 Å². The molecule has 0 bridgehead atoms. The van der Waals surface area contributed by atoms with E-state index in [1.54, 1.807) is 0 Å². The van der Waals surface area contributed by atoms with Crippen LogP contribution < -0.4 is 0 Å². The smallest absolute Gasteiger partial charge is 0.0579 e. The van der Waals surface area contributed by atoms with Crippen molar-refractivity contribution in [2.45, 2.75) is 19.9 Å². The molecule has 0 unspecified atom stereocenters. The lowest BCUT2D eigenvalue weighted by Gasteiger charge is -2.13. The first-order chi connectivity index (χ1) is 6.33. The van der Waals surface area contributed by atoms with E-state index in [-0.39, 0.29) is 0 Å². The van der Waals surface area contributed by atoms with Gasteiger partial charge in [-0.05, 0) is 19.4 Å². The first-order valence-electron chi connectivity index (χ1n) is 4.79. The summed E-state index contributed by atoms with van der Waals surface area (Å²) in [4.78, 5) is 2.41. The summed E-state index contributed by atoms with van der Waals surface area (Å²) in [6.45, 7) is 5.51. The summed E-state index contributed by atoms with van der Waals surface area (Å²) in [5, 5.41) is 0. The van der Waals surface area contributed by atoms with Gasteiger partial charge >= 0.3 is 0 Å². The highest BCUT2D eigenvalue weighted by Gasteiger charge is 2.29. The van der Waals surface area contributed by atoms with Gasteiger partial charge in [0.2, 0.25) is 0 Å². The zero-order chi connectivity index (χ0) is 9.26. The third-order valence-corrected chi connectivity index (χ3v) is 2.68. The molecule has 1 heterocycles. The lowest BCUT2D eigenvalue weighted by molar-refractivity contribution is 0.463. The predicted octanol–water partition coefficient (Wildman–Crippen LogP) is 2.97. The maximum atomic E-state index is 2.41. The van der Waals surface area contributed by atoms with Gasteiger partial charge in [-0.2, -0.15) is 0 Å². The molecule has 0 aliphatic carbocycles. The fourth-order valence-corrected chi connectivity index (χ4v) is 1.69. The molecule has 1 aromatic carbocycles. The number of allylic oxidation sites excluding steroid dienone is 1. The van der Waals surface area contributed by atoms with E-state index in [9.17, 15) is 0 Å². The van der Waals surface area contributed by atoms with Gasteiger partial charge in [0.25, 0.3) is 0 Å². The first-order valence-corrected chi connectivity index (χ1v) is 4.79. The molecule has 0 spiro atoms. The van der Waals surface area contributed by atoms with Crippen LogP contribution in [0.25, 0.3) is 0 Å². The summed E-state index contributed by atoms with van der Waals surface area (Å²) in [5.41, 5.74) is 2.87. The molecule has 0 N–H and O–H groups in total. The van der Waals surface area contributed by atoms with Crippen molar-refractivity contribution < 1.29 is 0 Å². The Hall–Kier alpha value is -1.24. The Labute approximate surface area is 79.7 Å². The van der Waals surface area contributed by atoms with Gasteiger partial charge in [-0.25, -0.2) is 0 Å². The van der Waals surface area contributed by atoms with Gasteiger partial charge in [0.1, 0.15) is 0 Å². The van der Waals surface area contributed by atoms with Gasteiger partial charge in [-0.15, -0.1) is 0 Å². The molecule has 1 heteroatoms. The number of hydrogen-bond donors (Lipinski definition) is 0. The van der Waals surface area contributed by atoms with Gasteiger partial charge in [0.15, 0.2) is 0 Å². The Morgan fingerprint density at radius 3 is 2.54 bits per heavy atom. The molecule has 0 amide bonds. The van der Waals surface area contributed by atoms with Crippen molar-refractivity contribution in [3.63, 3.8) is 0 Å². The van der Waals surface area contributed by atoms with Crippen LogP contribution in [0.15, 0.2) is 42.1 Å². The summed E-state index contributed by atoms with van der Waals surface area (Å²) in [5.74, 6) is 0. The number of hydrogen-bond acceptors (Lipinski definition) is 1. The molecule has 13 heavy (non-hydrogen) atoms. The lowest BCUT2D eigenvalue weighted by atomic mass is 10.1. The highest BCUT2D eigenvalue weighted by Crippen LogP contribution is 2.34. The van der Waals surface area contributed by atoms with Crippen molar-refractivity contribution in [2.75, 3.05) is 6.54 Å². The standard InChI is InChI=1S/C12H15N/c1-3-12-9-13(12)10(2)11-7-5-4-6-8-11/h3-8,10H,9H2,1-2H3/b12-3+/t10-,13?/m0/s1. The Bertz CT molecular complexity index is 313. The van der Waals surface area contributed by atoms with Crippen LogP contribution in [0, 0.1) is 0 Å². The van der Waals surface area contributed by atoms with Crippen LogP contribution >= 0.6 is 0 Å². The van der Waals surface area contributed by atoms with E-state index in [2.05, 4.69) is 55.2 Å². The average Bonchev–Trinajstić information content (AvgIpc) is 2.97. The SMILES string of the molecule is C/C=C1\CN1[C@@H](C)c1ccccc1. The van der Waals surface area contributed by atoms with Gasteiger partial charge < -0.3 is 4.90 Å². The molecule has 1 atom stereocenters. The van der Waals surface area contributed by atoms with Crippen LogP contribution in [0.2, 0.25) is 0 Å². The third kappa shape index (κ3) is 1.59. The molecule has 1 aliphatic rings. The van der Waals surface area contributed by atoms with Crippen molar-refractivity contribution in [2.24, 2.45) is 0 Å². The number of nitrogens with zero attached hydrogens (tertiary/aromatic N) is 1. The van der Waals surface area contributed by atoms with Crippen molar-refractivity contribution in [3.8, 4) is 0 Å². The second kappa shape index (κ2) is 3.25. The first kappa shape index (κ1) is 8.36. The second-order valence-corrected chi connectivity index (χ2v) is 3.49. The monoisotopic (exact) mass is 173 g/mol. The molecule has 2 rings (SSSR count). The highest BCUT2D eigenvalue weighted by atomic mass is 15.3. The minimum Gasteiger partial charge on any atom is -0.361 e. The Balaban J connectivity index is 2.11. The number of benzene rings is 1. The zero-order valence-electron chi connectivity index (χ0n) is 8.20. The molecule has 1 saturated heterocycles. The van der Waals surface area contributed by atoms with Gasteiger partial charge in [0.05, 0.1) is 12.6 Å². The lowest BCUT2D eigenvalue weighted by Crippen LogP contribution is -2.03. The van der Waals surface area contributed by atoms with Gasteiger partial charge in [0, 0.05) is 5.70 Å². The van der Waals surface area contributed by atoms with Crippen LogP contribution in [-0.4, -0.2) is 11.4 Å². The van der Waals surface area contributed by atoms with Crippen LogP contribution in [0.3, 0.4) is 0 Å². The predicted molar refractivity (Wildman–Crippen MR) is 55.3 cm³/mol. The van der Waals surface area contributed by atoms with E-state index in [1.807, 2.05) is 0 Å². The Kier molecular flexibility index (Phi) is 2.09. The molecule has 0 aromatic heterocycles. The minimum atomic E-state index is 0.535. The van der Waals surface area contributed by atoms with Crippen molar-refractivity contribution in [1.29, 1.82) is 0 Å². The zero-order valence-corrected chi connectivity index (χ0v) is 8.20. The van der Waals surface area contributed by atoms with Crippen LogP contribution in [-0.2, 0) is 0 Å². The minimum absolute atomic E-state index is 0.535. The van der Waals surface area contributed by atoms with E-state index in [4.69, 9.17) is 0 Å². The maximum Gasteiger partial charge on any atom is 0.0579 e. The average molecular weight is 173 g/mol.